The fourth-order valence-corrected chi connectivity index (χ4v) is 0.845. The molecule has 14 heavy (non-hydrogen) atoms. The van der Waals surface area contributed by atoms with E-state index in [0.29, 0.717) is 5.76 Å². The first-order chi connectivity index (χ1) is 6.65. The average molecular weight is 204 g/mol. The Morgan fingerprint density at radius 2 is 1.86 bits per heavy atom. The molecule has 0 fully saturated rings. The van der Waals surface area contributed by atoms with Gasteiger partial charge in [0.15, 0.2) is 5.76 Å². The number of ether oxygens (including phenoxy) is 4. The van der Waals surface area contributed by atoms with Crippen molar-refractivity contribution in [2.75, 3.05) is 27.9 Å². The summed E-state index contributed by atoms with van der Waals surface area (Å²) < 4.78 is 19.6. The lowest BCUT2D eigenvalue weighted by Gasteiger charge is -2.15. The molecule has 0 bridgehead atoms. The molecule has 0 aromatic carbocycles. The van der Waals surface area contributed by atoms with Crippen LogP contribution in [-0.2, 0) is 23.7 Å². The van der Waals surface area contributed by atoms with E-state index in [1.165, 1.54) is 28.3 Å². The summed E-state index contributed by atoms with van der Waals surface area (Å²) in [5.41, 5.74) is 0. The van der Waals surface area contributed by atoms with E-state index in [1.54, 1.807) is 6.08 Å². The molecule has 5 heteroatoms. The number of carbonyl (C=O) groups is 1. The number of methoxy groups -OCH3 is 3. The van der Waals surface area contributed by atoms with E-state index < -0.39 is 6.29 Å². The minimum Gasteiger partial charge on any atom is -0.496 e. The Labute approximate surface area is 83.6 Å². The van der Waals surface area contributed by atoms with Crippen molar-refractivity contribution in [1.29, 1.82) is 0 Å². The number of hydrogen-bond donors (Lipinski definition) is 0. The highest BCUT2D eigenvalue weighted by Gasteiger charge is 2.12. The van der Waals surface area contributed by atoms with Crippen molar-refractivity contribution in [2.45, 2.75) is 13.2 Å². The molecule has 0 aromatic rings. The molecule has 82 valence electrons. The number of carbonyl (C=O) groups excluding carboxylic acids is 1. The van der Waals surface area contributed by atoms with Crippen LogP contribution >= 0.6 is 0 Å². The Kier molecular flexibility index (Phi) is 6.78. The van der Waals surface area contributed by atoms with Crippen molar-refractivity contribution in [1.82, 2.24) is 0 Å². The van der Waals surface area contributed by atoms with Crippen molar-refractivity contribution in [3.8, 4) is 0 Å². The van der Waals surface area contributed by atoms with E-state index in [1.807, 2.05) is 0 Å². The van der Waals surface area contributed by atoms with Gasteiger partial charge in [0.1, 0.15) is 6.61 Å². The normalized spacial score (nSPS) is 11.6. The topological polar surface area (TPSA) is 54.0 Å². The highest BCUT2D eigenvalue weighted by molar-refractivity contribution is 5.65. The summed E-state index contributed by atoms with van der Waals surface area (Å²) in [6.07, 6.45) is 1.01. The SMILES string of the molecule is CO/C(=C\COC(C)=O)C(OC)OC. The fourth-order valence-electron chi connectivity index (χ4n) is 0.845. The first kappa shape index (κ1) is 12.9. The lowest BCUT2D eigenvalue weighted by atomic mass is 10.4. The fraction of sp³-hybridized carbons (Fsp3) is 0.667. The van der Waals surface area contributed by atoms with Crippen molar-refractivity contribution >= 4 is 5.97 Å². The lowest BCUT2D eigenvalue weighted by molar-refractivity contribution is -0.140. The van der Waals surface area contributed by atoms with Crippen LogP contribution in [0.2, 0.25) is 0 Å². The van der Waals surface area contributed by atoms with Gasteiger partial charge in [0, 0.05) is 21.1 Å². The molecule has 0 saturated carbocycles. The van der Waals surface area contributed by atoms with E-state index in [2.05, 4.69) is 0 Å². The third-order valence-electron chi connectivity index (χ3n) is 1.47. The third-order valence-corrected chi connectivity index (χ3v) is 1.47. The zero-order chi connectivity index (χ0) is 11.0. The summed E-state index contributed by atoms with van der Waals surface area (Å²) in [6, 6.07) is 0. The van der Waals surface area contributed by atoms with Gasteiger partial charge in [-0.25, -0.2) is 0 Å². The number of hydrogen-bond acceptors (Lipinski definition) is 5. The van der Waals surface area contributed by atoms with E-state index in [0.717, 1.165) is 0 Å². The molecule has 0 aliphatic rings. The molecular weight excluding hydrogens is 188 g/mol. The minimum absolute atomic E-state index is 0.141. The van der Waals surface area contributed by atoms with Gasteiger partial charge in [-0.1, -0.05) is 0 Å². The van der Waals surface area contributed by atoms with Gasteiger partial charge in [-0.05, 0) is 6.08 Å². The van der Waals surface area contributed by atoms with Crippen LogP contribution in [0.5, 0.6) is 0 Å². The second kappa shape index (κ2) is 7.34. The molecule has 0 rings (SSSR count). The Morgan fingerprint density at radius 3 is 2.21 bits per heavy atom. The van der Waals surface area contributed by atoms with E-state index in [9.17, 15) is 4.79 Å². The molecule has 0 saturated heterocycles. The third kappa shape index (κ3) is 4.84. The summed E-state index contributed by atoms with van der Waals surface area (Å²) in [4.78, 5) is 10.5. The van der Waals surface area contributed by atoms with Gasteiger partial charge in [0.25, 0.3) is 0 Å². The standard InChI is InChI=1S/C9H16O5/c1-7(10)14-6-5-8(11-2)9(12-3)13-4/h5,9H,6H2,1-4H3/b8-5-. The predicted molar refractivity (Wildman–Crippen MR) is 49.5 cm³/mol. The maximum Gasteiger partial charge on any atom is 0.302 e. The summed E-state index contributed by atoms with van der Waals surface area (Å²) in [5.74, 6) is 0.124. The van der Waals surface area contributed by atoms with Gasteiger partial charge in [-0.15, -0.1) is 0 Å². The van der Waals surface area contributed by atoms with Gasteiger partial charge in [-0.3, -0.25) is 4.79 Å². The van der Waals surface area contributed by atoms with Crippen LogP contribution in [0.25, 0.3) is 0 Å². The maximum atomic E-state index is 10.5. The number of rotatable bonds is 6. The largest absolute Gasteiger partial charge is 0.496 e. The molecule has 0 radical (unpaired) electrons. The Bertz CT molecular complexity index is 195. The molecule has 0 atom stereocenters. The highest BCUT2D eigenvalue weighted by Crippen LogP contribution is 2.07. The minimum atomic E-state index is -0.574. The predicted octanol–water partition coefficient (Wildman–Crippen LogP) is 0.699. The van der Waals surface area contributed by atoms with Gasteiger partial charge in [0.05, 0.1) is 7.11 Å². The maximum absolute atomic E-state index is 10.5. The first-order valence-electron chi connectivity index (χ1n) is 4.08. The molecule has 5 nitrogen and oxygen atoms in total. The summed E-state index contributed by atoms with van der Waals surface area (Å²) >= 11 is 0. The van der Waals surface area contributed by atoms with Crippen LogP contribution in [0.15, 0.2) is 11.8 Å². The lowest BCUT2D eigenvalue weighted by Crippen LogP contribution is -2.18. The monoisotopic (exact) mass is 204 g/mol. The Hall–Kier alpha value is -1.07. The Balaban J connectivity index is 4.15. The smallest absolute Gasteiger partial charge is 0.302 e. The quantitative estimate of drug-likeness (QED) is 0.362. The van der Waals surface area contributed by atoms with Gasteiger partial charge in [-0.2, -0.15) is 0 Å². The molecule has 0 spiro atoms. The van der Waals surface area contributed by atoms with E-state index in [-0.39, 0.29) is 12.6 Å². The Morgan fingerprint density at radius 1 is 1.29 bits per heavy atom. The molecule has 0 heterocycles. The first-order valence-corrected chi connectivity index (χ1v) is 4.08. The summed E-state index contributed by atoms with van der Waals surface area (Å²) in [6.45, 7) is 1.48. The van der Waals surface area contributed by atoms with Crippen molar-refractivity contribution < 1.29 is 23.7 Å². The van der Waals surface area contributed by atoms with Gasteiger partial charge in [0.2, 0.25) is 6.29 Å². The van der Waals surface area contributed by atoms with Gasteiger partial charge < -0.3 is 18.9 Å². The van der Waals surface area contributed by atoms with Crippen molar-refractivity contribution in [3.05, 3.63) is 11.8 Å². The molecule has 0 unspecified atom stereocenters. The van der Waals surface area contributed by atoms with E-state index >= 15 is 0 Å². The molecule has 0 aliphatic heterocycles. The molecule has 0 aromatic heterocycles. The average Bonchev–Trinajstić information content (AvgIpc) is 2.16. The molecule has 0 amide bonds. The number of esters is 1. The summed E-state index contributed by atoms with van der Waals surface area (Å²) in [5, 5.41) is 0. The highest BCUT2D eigenvalue weighted by atomic mass is 16.7. The second-order valence-corrected chi connectivity index (χ2v) is 2.42. The van der Waals surface area contributed by atoms with Crippen LogP contribution in [0.1, 0.15) is 6.92 Å². The summed E-state index contributed by atoms with van der Waals surface area (Å²) in [7, 11) is 4.48. The molecular formula is C9H16O5. The van der Waals surface area contributed by atoms with Crippen LogP contribution in [0, 0.1) is 0 Å². The molecule has 0 aliphatic carbocycles. The van der Waals surface area contributed by atoms with Crippen LogP contribution < -0.4 is 0 Å². The van der Waals surface area contributed by atoms with Crippen LogP contribution in [0.4, 0.5) is 0 Å². The van der Waals surface area contributed by atoms with Crippen LogP contribution in [-0.4, -0.2) is 40.2 Å². The zero-order valence-electron chi connectivity index (χ0n) is 8.90. The molecule has 0 N–H and O–H groups in total. The zero-order valence-corrected chi connectivity index (χ0v) is 8.90. The van der Waals surface area contributed by atoms with Crippen LogP contribution in [0.3, 0.4) is 0 Å². The van der Waals surface area contributed by atoms with E-state index in [4.69, 9.17) is 18.9 Å². The van der Waals surface area contributed by atoms with Crippen molar-refractivity contribution in [3.63, 3.8) is 0 Å². The van der Waals surface area contributed by atoms with Gasteiger partial charge >= 0.3 is 5.97 Å². The van der Waals surface area contributed by atoms with Crippen molar-refractivity contribution in [2.24, 2.45) is 0 Å². The second-order valence-electron chi connectivity index (χ2n) is 2.42.